The lowest BCUT2D eigenvalue weighted by Crippen LogP contribution is -2.51. The monoisotopic (exact) mass is 950 g/mol. The van der Waals surface area contributed by atoms with Gasteiger partial charge in [0, 0.05) is 50.2 Å². The van der Waals surface area contributed by atoms with Crippen LogP contribution >= 0.6 is 8.53 Å². The molecule has 1 aromatic rings. The number of aromatic nitrogens is 2. The van der Waals surface area contributed by atoms with Crippen LogP contribution in [0.2, 0.25) is 0 Å². The van der Waals surface area contributed by atoms with Gasteiger partial charge >= 0.3 is 11.7 Å². The van der Waals surface area contributed by atoms with Crippen molar-refractivity contribution in [3.05, 3.63) is 50.3 Å². The van der Waals surface area contributed by atoms with Gasteiger partial charge in [0.25, 0.3) is 14.1 Å². The van der Waals surface area contributed by atoms with Gasteiger partial charge in [-0.1, -0.05) is 72.5 Å². The lowest BCUT2D eigenvalue weighted by Gasteiger charge is -2.58. The highest BCUT2D eigenvalue weighted by Crippen LogP contribution is 2.67. The van der Waals surface area contributed by atoms with Crippen molar-refractivity contribution in [2.75, 3.05) is 13.2 Å². The number of allylic oxidation sites excluding steroid dienone is 1. The first-order valence-electron chi connectivity index (χ1n) is 26.0. The van der Waals surface area contributed by atoms with Crippen molar-refractivity contribution in [1.82, 2.24) is 19.5 Å². The van der Waals surface area contributed by atoms with Crippen molar-refractivity contribution < 1.29 is 28.1 Å². The molecule has 12 atom stereocenters. The maximum absolute atomic E-state index is 13.1. The van der Waals surface area contributed by atoms with Crippen LogP contribution in [0.15, 0.2) is 33.5 Å². The fourth-order valence-electron chi connectivity index (χ4n) is 13.3. The quantitative estimate of drug-likeness (QED) is 0.0376. The van der Waals surface area contributed by atoms with Crippen molar-refractivity contribution in [1.29, 1.82) is 5.26 Å². The number of amides is 1. The number of hydrogen-bond acceptors (Lipinski definition) is 10. The molecule has 2 N–H and O–H groups in total. The summed E-state index contributed by atoms with van der Waals surface area (Å²) in [5.74, 6) is 4.09. The van der Waals surface area contributed by atoms with E-state index in [0.717, 1.165) is 54.8 Å². The maximum Gasteiger partial charge on any atom is 0.330 e. The summed E-state index contributed by atoms with van der Waals surface area (Å²) >= 11 is 0. The molecule has 6 rings (SSSR count). The average Bonchev–Trinajstić information content (AvgIpc) is 3.84. The summed E-state index contributed by atoms with van der Waals surface area (Å²) in [6, 6.07) is 2.36. The number of aromatic amines is 1. The summed E-state index contributed by atoms with van der Waals surface area (Å²) in [5.41, 5.74) is 1.03. The Morgan fingerprint density at radius 2 is 1.81 bits per heavy atom. The number of nitrogens with zero attached hydrogens (tertiary/aromatic N) is 3. The third kappa shape index (κ3) is 12.6. The minimum absolute atomic E-state index is 0.105. The molecule has 13 nitrogen and oxygen atoms in total. The second-order valence-electron chi connectivity index (χ2n) is 22.1. The van der Waals surface area contributed by atoms with Gasteiger partial charge in [-0.25, -0.2) is 9.46 Å². The molecule has 3 saturated carbocycles. The molecule has 374 valence electrons. The number of H-pyrrole nitrogens is 1. The molecule has 5 aliphatic rings. The van der Waals surface area contributed by atoms with Gasteiger partial charge < -0.3 is 23.8 Å². The topological polar surface area (TPSA) is 165 Å². The Kier molecular flexibility index (Phi) is 18.8. The van der Waals surface area contributed by atoms with Gasteiger partial charge in [0.1, 0.15) is 12.3 Å². The molecule has 1 aromatic heterocycles. The van der Waals surface area contributed by atoms with E-state index < -0.39 is 38.0 Å². The fraction of sp³-hybridized carbons (Fsp3) is 0.792. The van der Waals surface area contributed by atoms with Gasteiger partial charge in [-0.15, -0.1) is 0 Å². The Morgan fingerprint density at radius 3 is 2.51 bits per heavy atom. The summed E-state index contributed by atoms with van der Waals surface area (Å²) in [7, 11) is -1.53. The molecule has 67 heavy (non-hydrogen) atoms. The first-order valence-corrected chi connectivity index (χ1v) is 27.1. The first-order chi connectivity index (χ1) is 31.9. The van der Waals surface area contributed by atoms with Gasteiger partial charge in [0.15, 0.2) is 0 Å². The van der Waals surface area contributed by atoms with Crippen LogP contribution in [0.5, 0.6) is 0 Å². The van der Waals surface area contributed by atoms with Gasteiger partial charge in [0.05, 0.1) is 36.9 Å². The third-order valence-corrected chi connectivity index (χ3v) is 18.8. The van der Waals surface area contributed by atoms with E-state index in [1.165, 1.54) is 79.9 Å². The highest BCUT2D eigenvalue weighted by Gasteiger charge is 2.59. The Morgan fingerprint density at radius 1 is 1.04 bits per heavy atom. The standard InChI is InChI=1S/C53H84N5O8P/c1-11-45-46(66-67(63-30-14-28-54)58(35(4)5)36(6)7)32-48(65-45)57-33-38(50(61)56-51(57)62)18-23-47(59)55-29-13-17-49(60)64-40-24-26-52(9)39(31-40)19-20-41-43-22-21-42(37(8)16-12-15-34(2)3)53(43,10)27-25-44(41)52/h18-19,23,33-37,40-46,48H,11-17,20-22,24-27,29-32H2,1-10H3,(H,55,59)(H,56,61,62)/b23-18+/t37-,40+,41?,42-,43?,44?,45-,46?,48-,52+,53-,67?/m1/s1. The molecule has 0 radical (unpaired) electrons. The van der Waals surface area contributed by atoms with E-state index in [4.69, 9.17) is 23.8 Å². The average molecular weight is 950 g/mol. The van der Waals surface area contributed by atoms with E-state index in [1.807, 2.05) is 6.92 Å². The zero-order valence-electron chi connectivity index (χ0n) is 42.5. The molecule has 1 aliphatic heterocycles. The van der Waals surface area contributed by atoms with Crippen LogP contribution in [-0.4, -0.2) is 69.6 Å². The first kappa shape index (κ1) is 53.2. The lowest BCUT2D eigenvalue weighted by atomic mass is 9.47. The van der Waals surface area contributed by atoms with E-state index in [0.29, 0.717) is 24.7 Å². The van der Waals surface area contributed by atoms with E-state index >= 15 is 0 Å². The number of nitriles is 1. The summed E-state index contributed by atoms with van der Waals surface area (Å²) in [5, 5.41) is 11.9. The second kappa shape index (κ2) is 23.6. The molecular formula is C53H84N5O8P. The Balaban J connectivity index is 0.961. The SMILES string of the molecule is CC[C@H]1O[C@@H](n2cc(/C=C/C(=O)NCCCC(=O)O[C@H]3CC[C@@]4(C)C(=CCC5C4CC[C@@]4(C)C5CC[C@@H]4[C@H](C)CCCC(C)C)C3)c(=O)[nH]c2=O)CC1OP(OCCC#N)N(C(C)C)C(C)C. The molecule has 4 aliphatic carbocycles. The maximum atomic E-state index is 13.1. The summed E-state index contributed by atoms with van der Waals surface area (Å²) in [4.78, 5) is 54.2. The van der Waals surface area contributed by atoms with Crippen molar-refractivity contribution in [3.63, 3.8) is 0 Å². The van der Waals surface area contributed by atoms with E-state index in [1.54, 1.807) is 0 Å². The van der Waals surface area contributed by atoms with Crippen LogP contribution in [0, 0.1) is 57.7 Å². The molecule has 14 heteroatoms. The number of fused-ring (bicyclic) bond motifs is 5. The van der Waals surface area contributed by atoms with Crippen molar-refractivity contribution in [2.45, 2.75) is 209 Å². The molecule has 5 unspecified atom stereocenters. The van der Waals surface area contributed by atoms with Crippen LogP contribution in [0.25, 0.3) is 6.08 Å². The smallest absolute Gasteiger partial charge is 0.330 e. The Hall–Kier alpha value is -3.14. The molecule has 0 bridgehead atoms. The zero-order chi connectivity index (χ0) is 48.6. The van der Waals surface area contributed by atoms with Crippen molar-refractivity contribution in [2.24, 2.45) is 46.3 Å². The lowest BCUT2D eigenvalue weighted by molar-refractivity contribution is -0.151. The van der Waals surface area contributed by atoms with E-state index in [-0.39, 0.29) is 67.2 Å². The summed E-state index contributed by atoms with van der Waals surface area (Å²) in [6.07, 6.45) is 20.3. The largest absolute Gasteiger partial charge is 0.462 e. The summed E-state index contributed by atoms with van der Waals surface area (Å²) < 4.78 is 28.6. The third-order valence-electron chi connectivity index (χ3n) is 16.6. The number of esters is 1. The number of carbonyl (C=O) groups excluding carboxylic acids is 2. The molecule has 0 spiro atoms. The van der Waals surface area contributed by atoms with Gasteiger partial charge in [-0.3, -0.25) is 23.9 Å². The molecule has 1 amide bonds. The second-order valence-corrected chi connectivity index (χ2v) is 23.5. The van der Waals surface area contributed by atoms with Crippen molar-refractivity contribution >= 4 is 26.5 Å². The number of rotatable bonds is 22. The molecule has 1 saturated heterocycles. The molecule has 0 aromatic carbocycles. The summed E-state index contributed by atoms with van der Waals surface area (Å²) in [6.45, 7) is 23.2. The van der Waals surface area contributed by atoms with E-state index in [9.17, 15) is 19.2 Å². The number of carbonyl (C=O) groups is 2. The zero-order valence-corrected chi connectivity index (χ0v) is 43.4. The number of nitrogens with one attached hydrogen (secondary N) is 2. The van der Waals surface area contributed by atoms with Crippen molar-refractivity contribution in [3.8, 4) is 6.07 Å². The minimum atomic E-state index is -1.53. The highest BCUT2D eigenvalue weighted by atomic mass is 31.2. The van der Waals surface area contributed by atoms with Gasteiger partial charge in [0.2, 0.25) is 5.91 Å². The predicted octanol–water partition coefficient (Wildman–Crippen LogP) is 10.8. The molecular weight excluding hydrogens is 866 g/mol. The predicted molar refractivity (Wildman–Crippen MR) is 264 cm³/mol. The van der Waals surface area contributed by atoms with Gasteiger partial charge in [-0.2, -0.15) is 5.26 Å². The highest BCUT2D eigenvalue weighted by molar-refractivity contribution is 7.44. The minimum Gasteiger partial charge on any atom is -0.462 e. The normalized spacial score (nSPS) is 31.4. The van der Waals surface area contributed by atoms with E-state index in [2.05, 4.69) is 89.4 Å². The Labute approximate surface area is 402 Å². The van der Waals surface area contributed by atoms with Crippen LogP contribution < -0.4 is 16.6 Å². The number of ether oxygens (including phenoxy) is 2. The van der Waals surface area contributed by atoms with Crippen LogP contribution in [0.1, 0.15) is 184 Å². The van der Waals surface area contributed by atoms with Gasteiger partial charge in [-0.05, 0) is 138 Å². The fourth-order valence-corrected chi connectivity index (χ4v) is 15.0. The Bertz CT molecular complexity index is 2050. The molecule has 4 fully saturated rings. The van der Waals surface area contributed by atoms with Crippen LogP contribution in [0.3, 0.4) is 0 Å². The van der Waals surface area contributed by atoms with Crippen LogP contribution in [-0.2, 0) is 28.1 Å². The number of hydrogen-bond donors (Lipinski definition) is 2. The van der Waals surface area contributed by atoms with Crippen LogP contribution in [0.4, 0.5) is 0 Å². The molecule has 2 heterocycles.